The summed E-state index contributed by atoms with van der Waals surface area (Å²) in [6.07, 6.45) is 0.318. The summed E-state index contributed by atoms with van der Waals surface area (Å²) in [6, 6.07) is 2.32. The zero-order valence-electron chi connectivity index (χ0n) is 16.2. The molecule has 2 aromatic rings. The van der Waals surface area contributed by atoms with E-state index in [0.717, 1.165) is 17.2 Å². The van der Waals surface area contributed by atoms with E-state index in [1.807, 2.05) is 13.8 Å². The van der Waals surface area contributed by atoms with Crippen molar-refractivity contribution in [2.24, 2.45) is 0 Å². The van der Waals surface area contributed by atoms with Gasteiger partial charge in [-0.2, -0.15) is 0 Å². The quantitative estimate of drug-likeness (QED) is 0.595. The van der Waals surface area contributed by atoms with E-state index in [1.165, 1.54) is 13.2 Å². The molecule has 0 aliphatic heterocycles. The van der Waals surface area contributed by atoms with Crippen LogP contribution in [0.5, 0.6) is 16.7 Å². The van der Waals surface area contributed by atoms with Gasteiger partial charge in [-0.3, -0.25) is 9.59 Å². The minimum absolute atomic E-state index is 0.0278. The number of ether oxygens (including phenoxy) is 1. The number of aromatic hydroxyl groups is 2. The predicted octanol–water partition coefficient (Wildman–Crippen LogP) is 4.58. The Kier molecular flexibility index (Phi) is 8.27. The van der Waals surface area contributed by atoms with Crippen LogP contribution in [0.15, 0.2) is 21.4 Å². The number of rotatable bonds is 4. The van der Waals surface area contributed by atoms with E-state index in [2.05, 4.69) is 15.9 Å². The van der Waals surface area contributed by atoms with E-state index >= 15 is 0 Å². The van der Waals surface area contributed by atoms with Gasteiger partial charge >= 0.3 is 5.97 Å². The molecule has 9 heteroatoms. The highest BCUT2D eigenvalue weighted by Gasteiger charge is 2.20. The molecule has 0 spiro atoms. The van der Waals surface area contributed by atoms with Gasteiger partial charge in [-0.25, -0.2) is 4.79 Å². The van der Waals surface area contributed by atoms with Crippen LogP contribution in [0.1, 0.15) is 45.2 Å². The predicted molar refractivity (Wildman–Crippen MR) is 112 cm³/mol. The van der Waals surface area contributed by atoms with Crippen LogP contribution < -0.4 is 10.2 Å². The Morgan fingerprint density at radius 1 is 1.11 bits per heavy atom. The van der Waals surface area contributed by atoms with Crippen LogP contribution in [-0.2, 0) is 0 Å². The van der Waals surface area contributed by atoms with Gasteiger partial charge in [0.1, 0.15) is 16.8 Å². The number of aromatic carboxylic acids is 1. The zero-order valence-corrected chi connectivity index (χ0v) is 18.6. The fourth-order valence-corrected chi connectivity index (χ4v) is 4.69. The molecule has 1 heterocycles. The van der Waals surface area contributed by atoms with Crippen molar-refractivity contribution in [2.45, 2.75) is 34.1 Å². The Morgan fingerprint density at radius 2 is 1.68 bits per heavy atom. The number of carbonyl (C=O) groups is 2. The van der Waals surface area contributed by atoms with Crippen LogP contribution in [0.25, 0.3) is 0 Å². The lowest BCUT2D eigenvalue weighted by atomic mass is 9.98. The lowest BCUT2D eigenvalue weighted by molar-refractivity contribution is 0.0692. The molecule has 1 aromatic carbocycles. The lowest BCUT2D eigenvalue weighted by Crippen LogP contribution is -2.04. The maximum atomic E-state index is 11.4. The number of hydrogen-bond acceptors (Lipinski definition) is 6. The van der Waals surface area contributed by atoms with Gasteiger partial charge in [0, 0.05) is 26.1 Å². The molecule has 0 bridgehead atoms. The molecule has 0 amide bonds. The second kappa shape index (κ2) is 9.75. The monoisotopic (exact) mass is 472 g/mol. The summed E-state index contributed by atoms with van der Waals surface area (Å²) in [5, 5.41) is 28.0. The van der Waals surface area contributed by atoms with Crippen molar-refractivity contribution >= 4 is 35.0 Å². The molecule has 0 radical (unpaired) electrons. The van der Waals surface area contributed by atoms with E-state index in [-0.39, 0.29) is 33.2 Å². The van der Waals surface area contributed by atoms with Crippen molar-refractivity contribution in [2.75, 3.05) is 7.11 Å². The smallest absolute Gasteiger partial charge is 0.339 e. The second-order valence-electron chi connectivity index (χ2n) is 5.89. The van der Waals surface area contributed by atoms with Gasteiger partial charge in [-0.15, -0.1) is 0 Å². The van der Waals surface area contributed by atoms with Gasteiger partial charge in [0.05, 0.1) is 11.6 Å². The van der Waals surface area contributed by atoms with Crippen LogP contribution >= 0.6 is 23.5 Å². The molecule has 2 rings (SSSR count). The van der Waals surface area contributed by atoms with Crippen molar-refractivity contribution in [1.82, 2.24) is 0 Å². The SMILES string of the molecule is CCC(=O)p1c(O)cc(=O)cc1OC.Cc1c(C)c(Br)c(O)c(C(=O)O)c1C. The second-order valence-corrected chi connectivity index (χ2v) is 8.75. The van der Waals surface area contributed by atoms with Gasteiger partial charge in [-0.05, 0) is 53.4 Å². The minimum atomic E-state index is -1.49. The van der Waals surface area contributed by atoms with Crippen LogP contribution in [-0.4, -0.2) is 33.9 Å². The van der Waals surface area contributed by atoms with E-state index in [1.54, 1.807) is 13.8 Å². The number of phenols is 1. The first-order chi connectivity index (χ1) is 13.0. The maximum absolute atomic E-state index is 11.4. The maximum Gasteiger partial charge on any atom is 0.339 e. The summed E-state index contributed by atoms with van der Waals surface area (Å²) in [4.78, 5) is 33.3. The minimum Gasteiger partial charge on any atom is -0.506 e. The third-order valence-electron chi connectivity index (χ3n) is 4.24. The van der Waals surface area contributed by atoms with Gasteiger partial charge in [0.2, 0.25) is 0 Å². The third-order valence-corrected chi connectivity index (χ3v) is 7.36. The average molecular weight is 473 g/mol. The molecule has 28 heavy (non-hydrogen) atoms. The normalized spacial score (nSPS) is 10.7. The molecule has 152 valence electrons. The molecule has 0 aliphatic carbocycles. The van der Waals surface area contributed by atoms with Crippen LogP contribution in [0.4, 0.5) is 0 Å². The molecular weight excluding hydrogens is 451 g/mol. The Morgan fingerprint density at radius 3 is 2.14 bits per heavy atom. The number of carboxylic acids is 1. The molecule has 0 saturated heterocycles. The summed E-state index contributed by atoms with van der Waals surface area (Å²) < 4.78 is 5.37. The Labute approximate surface area is 171 Å². The van der Waals surface area contributed by atoms with Gasteiger partial charge in [0.25, 0.3) is 0 Å². The van der Waals surface area contributed by atoms with Gasteiger partial charge in [-0.1, -0.05) is 6.92 Å². The van der Waals surface area contributed by atoms with Gasteiger partial charge < -0.3 is 20.1 Å². The number of carbonyl (C=O) groups excluding carboxylic acids is 1. The van der Waals surface area contributed by atoms with E-state index < -0.39 is 13.5 Å². The molecule has 0 fully saturated rings. The molecule has 7 nitrogen and oxygen atoms in total. The number of hydrogen-bond donors (Lipinski definition) is 3. The van der Waals surface area contributed by atoms with Crippen LogP contribution in [0.3, 0.4) is 0 Å². The number of benzene rings is 1. The fourth-order valence-electron chi connectivity index (χ4n) is 2.45. The number of methoxy groups -OCH3 is 1. The van der Waals surface area contributed by atoms with E-state index in [4.69, 9.17) is 9.84 Å². The van der Waals surface area contributed by atoms with Crippen molar-refractivity contribution in [3.63, 3.8) is 0 Å². The zero-order chi connectivity index (χ0) is 21.8. The highest BCUT2D eigenvalue weighted by atomic mass is 79.9. The summed E-state index contributed by atoms with van der Waals surface area (Å²) in [6.45, 7) is 7.07. The van der Waals surface area contributed by atoms with Crippen molar-refractivity contribution < 1.29 is 29.6 Å². The van der Waals surface area contributed by atoms with Crippen LogP contribution in [0, 0.1) is 20.8 Å². The number of halogens is 1. The van der Waals surface area contributed by atoms with Gasteiger partial charge in [0.15, 0.2) is 16.4 Å². The van der Waals surface area contributed by atoms with Crippen molar-refractivity contribution in [1.29, 1.82) is 0 Å². The summed E-state index contributed by atoms with van der Waals surface area (Å²) >= 11 is 3.17. The third kappa shape index (κ3) is 4.94. The largest absolute Gasteiger partial charge is 0.506 e. The van der Waals surface area contributed by atoms with Crippen molar-refractivity contribution in [3.8, 4) is 16.7 Å². The highest BCUT2D eigenvalue weighted by molar-refractivity contribution is 9.10. The topological polar surface area (TPSA) is 121 Å². The highest BCUT2D eigenvalue weighted by Crippen LogP contribution is 2.48. The first-order valence-corrected chi connectivity index (χ1v) is 10.4. The standard InChI is InChI=1S/C10H11BrO3.C9H11O4P/c1-4-5(2)7(10(13)14)9(12)8(11)6(4)3;1-3-7(11)14-8(12)4-6(10)5-9(14)13-2/h12H,1-3H3,(H,13,14);4-5,12H,3H2,1-2H3. The average Bonchev–Trinajstić information content (AvgIpc) is 2.63. The molecule has 0 saturated carbocycles. The summed E-state index contributed by atoms with van der Waals surface area (Å²) in [7, 11) is -0.104. The first kappa shape index (κ1) is 23.7. The number of carboxylic acid groups (broad SMARTS) is 1. The molecule has 1 aromatic heterocycles. The summed E-state index contributed by atoms with van der Waals surface area (Å²) in [5.41, 5.74) is 1.98. The van der Waals surface area contributed by atoms with E-state index in [9.17, 15) is 24.6 Å². The fraction of sp³-hybridized carbons (Fsp3) is 0.316. The molecule has 1 unspecified atom stereocenters. The Bertz CT molecular complexity index is 950. The van der Waals surface area contributed by atoms with Crippen LogP contribution in [0.2, 0.25) is 0 Å². The molecule has 0 aliphatic rings. The molecule has 3 N–H and O–H groups in total. The summed E-state index contributed by atoms with van der Waals surface area (Å²) in [5.74, 6) is -1.30. The molecule has 1 atom stereocenters. The van der Waals surface area contributed by atoms with E-state index in [0.29, 0.717) is 16.5 Å². The molecular formula is C19H22BrO7P. The Balaban J connectivity index is 0.000000280. The lowest BCUT2D eigenvalue weighted by Gasteiger charge is -2.12. The Hall–Kier alpha value is -2.31. The first-order valence-electron chi connectivity index (χ1n) is 8.22. The van der Waals surface area contributed by atoms with Crippen molar-refractivity contribution in [3.05, 3.63) is 49.1 Å².